The summed E-state index contributed by atoms with van der Waals surface area (Å²) in [5, 5.41) is 0. The number of aryl methyl sites for hydroxylation is 2. The normalized spacial score (nSPS) is 17.3. The molecule has 33 heavy (non-hydrogen) atoms. The van der Waals surface area contributed by atoms with Gasteiger partial charge in [-0.05, 0) is 51.0 Å². The number of hydrogen-bond donors (Lipinski definition) is 2. The first-order chi connectivity index (χ1) is 13.8. The van der Waals surface area contributed by atoms with Crippen molar-refractivity contribution < 1.29 is 58.0 Å². The van der Waals surface area contributed by atoms with Crippen molar-refractivity contribution in [2.75, 3.05) is 0 Å². The van der Waals surface area contributed by atoms with Crippen LogP contribution < -0.4 is 11.5 Å². The molecule has 13 heteroatoms. The van der Waals surface area contributed by atoms with Crippen LogP contribution in [0.1, 0.15) is 36.8 Å². The molecular weight excluding hydrogens is 655 g/mol. The molecule has 192 valence electrons. The van der Waals surface area contributed by atoms with Gasteiger partial charge in [-0.2, -0.15) is 0 Å². The number of nitrogens with two attached hydrogens (primary N) is 2. The first-order valence-electron chi connectivity index (χ1n) is 9.37. The standard InChI is InChI=1S/2C7H8O3S.C6H14N2.2H2O.Pt/c2*1-6-2-4-7(5-3-6)11(8,9)10;7-5-3-1-2-4-6(5)8;;;/h2*2-5H,1H3,(H,8,9,10);5-6H,1-4,7-8H2;2*1H2;/q;;;;;+2/p-2. The van der Waals surface area contributed by atoms with Gasteiger partial charge in [-0.1, -0.05) is 48.2 Å². The van der Waals surface area contributed by atoms with Crippen molar-refractivity contribution in [3.05, 3.63) is 59.7 Å². The molecule has 8 N–H and O–H groups in total. The fraction of sp³-hybridized carbons (Fsp3) is 0.400. The van der Waals surface area contributed by atoms with Crippen LogP contribution in [-0.4, -0.2) is 49.0 Å². The summed E-state index contributed by atoms with van der Waals surface area (Å²) < 4.78 is 62.3. The zero-order valence-corrected chi connectivity index (χ0v) is 22.2. The zero-order chi connectivity index (χ0) is 22.9. The Labute approximate surface area is 210 Å². The van der Waals surface area contributed by atoms with E-state index in [1.165, 1.54) is 37.1 Å². The molecule has 0 amide bonds. The third kappa shape index (κ3) is 14.6. The summed E-state index contributed by atoms with van der Waals surface area (Å²) in [5.41, 5.74) is 13.2. The maximum Gasteiger partial charge on any atom is 2.00 e. The van der Waals surface area contributed by atoms with Crippen LogP contribution in [0.5, 0.6) is 0 Å². The number of benzene rings is 2. The minimum atomic E-state index is -4.27. The van der Waals surface area contributed by atoms with Crippen LogP contribution >= 0.6 is 0 Å². The summed E-state index contributed by atoms with van der Waals surface area (Å²) in [4.78, 5) is -0.355. The first kappa shape index (κ1) is 36.4. The van der Waals surface area contributed by atoms with E-state index in [4.69, 9.17) is 11.5 Å². The second-order valence-electron chi connectivity index (χ2n) is 7.15. The van der Waals surface area contributed by atoms with E-state index in [0.29, 0.717) is 0 Å². The van der Waals surface area contributed by atoms with E-state index in [-0.39, 0.29) is 53.9 Å². The Morgan fingerprint density at radius 2 is 0.909 bits per heavy atom. The molecular formula is C20H32N2O8PtS2. The second kappa shape index (κ2) is 16.4. The largest absolute Gasteiger partial charge is 2.00 e. The predicted molar refractivity (Wildman–Crippen MR) is 120 cm³/mol. The van der Waals surface area contributed by atoms with Crippen LogP contribution in [0.4, 0.5) is 0 Å². The molecule has 2 aromatic rings. The van der Waals surface area contributed by atoms with Crippen molar-refractivity contribution in [2.24, 2.45) is 11.5 Å². The summed E-state index contributed by atoms with van der Waals surface area (Å²) in [5.74, 6) is 0. The fourth-order valence-electron chi connectivity index (χ4n) is 2.60. The Balaban J connectivity index is -0.000000396. The number of rotatable bonds is 2. The minimum Gasteiger partial charge on any atom is -0.744 e. The summed E-state index contributed by atoms with van der Waals surface area (Å²) in [7, 11) is -8.54. The summed E-state index contributed by atoms with van der Waals surface area (Å²) in [6, 6.07) is 12.1. The molecule has 2 aromatic carbocycles. The van der Waals surface area contributed by atoms with Gasteiger partial charge in [0, 0.05) is 12.1 Å². The van der Waals surface area contributed by atoms with E-state index in [1.807, 2.05) is 13.8 Å². The van der Waals surface area contributed by atoms with Gasteiger partial charge in [0.15, 0.2) is 0 Å². The molecule has 0 aromatic heterocycles. The van der Waals surface area contributed by atoms with Gasteiger partial charge in [0.05, 0.1) is 9.79 Å². The summed E-state index contributed by atoms with van der Waals surface area (Å²) in [6.45, 7) is 3.64. The van der Waals surface area contributed by atoms with Gasteiger partial charge in [-0.25, -0.2) is 16.8 Å². The molecule has 0 spiro atoms. The molecule has 2 atom stereocenters. The first-order valence-corrected chi connectivity index (χ1v) is 12.2. The predicted octanol–water partition coefficient (Wildman–Crippen LogP) is 0.361. The average Bonchev–Trinajstić information content (AvgIpc) is 2.64. The molecule has 1 aliphatic rings. The molecule has 1 fully saturated rings. The van der Waals surface area contributed by atoms with Crippen LogP contribution in [0, 0.1) is 13.8 Å². The van der Waals surface area contributed by atoms with Gasteiger partial charge < -0.3 is 31.5 Å². The van der Waals surface area contributed by atoms with Crippen molar-refractivity contribution in [2.45, 2.75) is 61.4 Å². The van der Waals surface area contributed by atoms with Crippen LogP contribution in [0.15, 0.2) is 58.3 Å². The summed E-state index contributed by atoms with van der Waals surface area (Å²) >= 11 is 0. The fourth-order valence-corrected chi connectivity index (χ4v) is 3.54. The van der Waals surface area contributed by atoms with Crippen LogP contribution in [0.2, 0.25) is 0 Å². The van der Waals surface area contributed by atoms with E-state index >= 15 is 0 Å². The van der Waals surface area contributed by atoms with Crippen LogP contribution in [-0.2, 0) is 41.3 Å². The SMILES string of the molecule is Cc1ccc(S(=O)(=O)[O-])cc1.Cc1ccc(S(=O)(=O)[O-])cc1.NC1CCCCC1N.O.O.[Pt+2]. The number of hydrogen-bond acceptors (Lipinski definition) is 8. The van der Waals surface area contributed by atoms with Crippen molar-refractivity contribution in [1.29, 1.82) is 0 Å². The third-order valence-electron chi connectivity index (χ3n) is 4.49. The third-order valence-corrected chi connectivity index (χ3v) is 6.19. The van der Waals surface area contributed by atoms with Crippen molar-refractivity contribution in [3.8, 4) is 0 Å². The van der Waals surface area contributed by atoms with Crippen molar-refractivity contribution >= 4 is 20.2 Å². The van der Waals surface area contributed by atoms with Gasteiger partial charge in [0.25, 0.3) is 0 Å². The van der Waals surface area contributed by atoms with Crippen LogP contribution in [0.3, 0.4) is 0 Å². The van der Waals surface area contributed by atoms with E-state index in [2.05, 4.69) is 0 Å². The van der Waals surface area contributed by atoms with Gasteiger partial charge in [0.2, 0.25) is 0 Å². The van der Waals surface area contributed by atoms with Crippen LogP contribution in [0.25, 0.3) is 0 Å². The maximum atomic E-state index is 10.4. The van der Waals surface area contributed by atoms with E-state index in [1.54, 1.807) is 24.3 Å². The Kier molecular flexibility index (Phi) is 18.1. The van der Waals surface area contributed by atoms with Crippen molar-refractivity contribution in [1.82, 2.24) is 0 Å². The van der Waals surface area contributed by atoms with E-state index in [0.717, 1.165) is 24.0 Å². The topological polar surface area (TPSA) is 229 Å². The molecule has 0 aliphatic heterocycles. The van der Waals surface area contributed by atoms with Crippen molar-refractivity contribution in [3.63, 3.8) is 0 Å². The molecule has 1 saturated carbocycles. The molecule has 10 nitrogen and oxygen atoms in total. The smallest absolute Gasteiger partial charge is 0.744 e. The second-order valence-corrected chi connectivity index (χ2v) is 9.91. The zero-order valence-electron chi connectivity index (χ0n) is 18.3. The molecule has 0 bridgehead atoms. The molecule has 2 unspecified atom stereocenters. The van der Waals surface area contributed by atoms with E-state index in [9.17, 15) is 25.9 Å². The minimum absolute atomic E-state index is 0. The van der Waals surface area contributed by atoms with Gasteiger partial charge in [0.1, 0.15) is 20.2 Å². The average molecular weight is 688 g/mol. The molecule has 1 aliphatic carbocycles. The Morgan fingerprint density at radius 3 is 1.09 bits per heavy atom. The summed E-state index contributed by atoms with van der Waals surface area (Å²) in [6.07, 6.45) is 4.80. The van der Waals surface area contributed by atoms with Gasteiger partial charge >= 0.3 is 21.1 Å². The molecule has 0 saturated heterocycles. The quantitative estimate of drug-likeness (QED) is 0.418. The molecule has 0 heterocycles. The van der Waals surface area contributed by atoms with Gasteiger partial charge in [-0.3, -0.25) is 0 Å². The Bertz CT molecular complexity index is 916. The Hall–Kier alpha value is -1.21. The monoisotopic (exact) mass is 687 g/mol. The maximum absolute atomic E-state index is 10.4. The Morgan fingerprint density at radius 1 is 0.667 bits per heavy atom. The molecule has 3 rings (SSSR count). The van der Waals surface area contributed by atoms with E-state index < -0.39 is 20.2 Å². The molecule has 0 radical (unpaired) electrons. The van der Waals surface area contributed by atoms with Gasteiger partial charge in [-0.15, -0.1) is 0 Å².